The highest BCUT2D eigenvalue weighted by Gasteiger charge is 2.21. The van der Waals surface area contributed by atoms with Crippen LogP contribution in [0.2, 0.25) is 0 Å². The third-order valence-corrected chi connectivity index (χ3v) is 4.87. The zero-order valence-electron chi connectivity index (χ0n) is 13.9. The lowest BCUT2D eigenvalue weighted by molar-refractivity contribution is -0.119. The summed E-state index contributed by atoms with van der Waals surface area (Å²) in [4.78, 5) is 12.0. The summed E-state index contributed by atoms with van der Waals surface area (Å²) in [7, 11) is -3.55. The van der Waals surface area contributed by atoms with Crippen molar-refractivity contribution in [2.45, 2.75) is 52.9 Å². The van der Waals surface area contributed by atoms with Crippen molar-refractivity contribution in [3.05, 3.63) is 35.9 Å². The molecule has 1 unspecified atom stereocenters. The van der Waals surface area contributed by atoms with Gasteiger partial charge in [-0.3, -0.25) is 9.52 Å². The van der Waals surface area contributed by atoms with E-state index in [0.717, 1.165) is 12.0 Å². The van der Waals surface area contributed by atoms with Crippen LogP contribution in [0.5, 0.6) is 0 Å². The van der Waals surface area contributed by atoms with Gasteiger partial charge in [0.1, 0.15) is 0 Å². The summed E-state index contributed by atoms with van der Waals surface area (Å²) in [6, 6.07) is 9.71. The first-order valence-electron chi connectivity index (χ1n) is 7.71. The van der Waals surface area contributed by atoms with Gasteiger partial charge in [-0.25, -0.2) is 8.42 Å². The fourth-order valence-corrected chi connectivity index (χ4v) is 3.57. The van der Waals surface area contributed by atoms with Crippen LogP contribution in [0.1, 0.15) is 58.4 Å². The minimum Gasteiger partial charge on any atom is -0.274 e. The molecule has 0 heterocycles. The van der Waals surface area contributed by atoms with Gasteiger partial charge in [0.15, 0.2) is 0 Å². The molecule has 0 spiro atoms. The van der Waals surface area contributed by atoms with Crippen molar-refractivity contribution in [3.63, 3.8) is 0 Å². The van der Waals surface area contributed by atoms with Crippen molar-refractivity contribution in [3.8, 4) is 0 Å². The van der Waals surface area contributed by atoms with Crippen molar-refractivity contribution in [2.75, 3.05) is 5.75 Å². The maximum Gasteiger partial charge on any atom is 0.234 e. The Morgan fingerprint density at radius 2 is 1.77 bits per heavy atom. The number of rotatable bonds is 7. The van der Waals surface area contributed by atoms with Crippen LogP contribution >= 0.6 is 0 Å². The van der Waals surface area contributed by atoms with E-state index < -0.39 is 15.9 Å². The minimum atomic E-state index is -3.55. The van der Waals surface area contributed by atoms with Gasteiger partial charge in [0.05, 0.1) is 5.75 Å². The third kappa shape index (κ3) is 7.07. The third-order valence-electron chi connectivity index (χ3n) is 3.59. The van der Waals surface area contributed by atoms with Crippen LogP contribution in [0.25, 0.3) is 0 Å². The van der Waals surface area contributed by atoms with Gasteiger partial charge >= 0.3 is 0 Å². The lowest BCUT2D eigenvalue weighted by Crippen LogP contribution is -2.34. The number of hydrogen-bond donors (Lipinski definition) is 1. The smallest absolute Gasteiger partial charge is 0.234 e. The summed E-state index contributed by atoms with van der Waals surface area (Å²) in [6.07, 6.45) is 1.50. The Balaban J connectivity index is 2.61. The summed E-state index contributed by atoms with van der Waals surface area (Å²) in [5.41, 5.74) is 0.987. The van der Waals surface area contributed by atoms with E-state index in [0.29, 0.717) is 6.42 Å². The maximum atomic E-state index is 12.0. The highest BCUT2D eigenvalue weighted by molar-refractivity contribution is 7.90. The molecular weight excluding hydrogens is 298 g/mol. The molecule has 1 rings (SSSR count). The zero-order chi connectivity index (χ0) is 16.8. The Hall–Kier alpha value is -1.36. The topological polar surface area (TPSA) is 63.2 Å². The highest BCUT2D eigenvalue weighted by atomic mass is 32.2. The SMILES string of the molecule is CCC(CC(=O)NS(=O)(=O)CCC(C)(C)C)c1ccccc1. The van der Waals surface area contributed by atoms with Gasteiger partial charge in [0.2, 0.25) is 15.9 Å². The summed E-state index contributed by atoms with van der Waals surface area (Å²) in [6.45, 7) is 7.94. The summed E-state index contributed by atoms with van der Waals surface area (Å²) in [5, 5.41) is 0. The van der Waals surface area contributed by atoms with Crippen LogP contribution in [0, 0.1) is 5.41 Å². The normalized spacial score (nSPS) is 13.6. The Bertz CT molecular complexity index is 574. The number of benzene rings is 1. The zero-order valence-corrected chi connectivity index (χ0v) is 14.7. The van der Waals surface area contributed by atoms with Gasteiger partial charge in [-0.2, -0.15) is 0 Å². The summed E-state index contributed by atoms with van der Waals surface area (Å²) in [5.74, 6) is -0.409. The van der Waals surface area contributed by atoms with Crippen molar-refractivity contribution in [1.29, 1.82) is 0 Å². The highest BCUT2D eigenvalue weighted by Crippen LogP contribution is 2.23. The van der Waals surface area contributed by atoms with Crippen molar-refractivity contribution in [1.82, 2.24) is 4.72 Å². The number of carbonyl (C=O) groups is 1. The molecule has 1 aromatic carbocycles. The average Bonchev–Trinajstić information content (AvgIpc) is 2.42. The molecule has 5 heteroatoms. The summed E-state index contributed by atoms with van der Waals surface area (Å²) >= 11 is 0. The first kappa shape index (κ1) is 18.7. The lowest BCUT2D eigenvalue weighted by Gasteiger charge is -2.18. The van der Waals surface area contributed by atoms with E-state index in [1.807, 2.05) is 58.0 Å². The number of nitrogens with one attached hydrogen (secondary N) is 1. The predicted molar refractivity (Wildman–Crippen MR) is 90.1 cm³/mol. The number of carbonyl (C=O) groups excluding carboxylic acids is 1. The van der Waals surface area contributed by atoms with Crippen LogP contribution in [0.3, 0.4) is 0 Å². The van der Waals surface area contributed by atoms with E-state index in [2.05, 4.69) is 4.72 Å². The van der Waals surface area contributed by atoms with Crippen molar-refractivity contribution in [2.24, 2.45) is 5.41 Å². The molecule has 1 aromatic rings. The standard InChI is InChI=1S/C17H27NO3S/c1-5-14(15-9-7-6-8-10-15)13-16(19)18-22(20,21)12-11-17(2,3)4/h6-10,14H,5,11-13H2,1-4H3,(H,18,19). The molecule has 0 aromatic heterocycles. The van der Waals surface area contributed by atoms with E-state index in [9.17, 15) is 13.2 Å². The van der Waals surface area contributed by atoms with E-state index in [1.165, 1.54) is 0 Å². The maximum absolute atomic E-state index is 12.0. The van der Waals surface area contributed by atoms with Gasteiger partial charge in [-0.15, -0.1) is 0 Å². The molecule has 0 aliphatic heterocycles. The molecule has 0 saturated carbocycles. The Morgan fingerprint density at radius 1 is 1.18 bits per heavy atom. The Morgan fingerprint density at radius 3 is 2.27 bits per heavy atom. The van der Waals surface area contributed by atoms with Gasteiger partial charge in [-0.1, -0.05) is 58.0 Å². The molecule has 0 bridgehead atoms. The van der Waals surface area contributed by atoms with E-state index in [-0.39, 0.29) is 23.5 Å². The molecule has 22 heavy (non-hydrogen) atoms. The molecule has 0 aliphatic rings. The molecule has 0 fully saturated rings. The molecule has 1 N–H and O–H groups in total. The Kier molecular flexibility index (Phi) is 6.60. The fourth-order valence-electron chi connectivity index (χ4n) is 2.15. The molecule has 4 nitrogen and oxygen atoms in total. The largest absolute Gasteiger partial charge is 0.274 e. The number of sulfonamides is 1. The second-order valence-corrected chi connectivity index (χ2v) is 8.72. The van der Waals surface area contributed by atoms with Crippen LogP contribution in [0.15, 0.2) is 30.3 Å². The molecule has 0 aliphatic carbocycles. The average molecular weight is 325 g/mol. The fraction of sp³-hybridized carbons (Fsp3) is 0.588. The van der Waals surface area contributed by atoms with Gasteiger partial charge in [0, 0.05) is 6.42 Å². The molecule has 0 radical (unpaired) electrons. The van der Waals surface area contributed by atoms with Crippen LogP contribution < -0.4 is 4.72 Å². The molecule has 1 amide bonds. The quantitative estimate of drug-likeness (QED) is 0.835. The van der Waals surface area contributed by atoms with Gasteiger partial charge < -0.3 is 0 Å². The lowest BCUT2D eigenvalue weighted by atomic mass is 9.93. The van der Waals surface area contributed by atoms with E-state index in [4.69, 9.17) is 0 Å². The predicted octanol–water partition coefficient (Wildman–Crippen LogP) is 3.45. The second kappa shape index (κ2) is 7.77. The number of hydrogen-bond acceptors (Lipinski definition) is 3. The number of amides is 1. The monoisotopic (exact) mass is 325 g/mol. The molecule has 0 saturated heterocycles. The first-order chi connectivity index (χ1) is 10.1. The summed E-state index contributed by atoms with van der Waals surface area (Å²) < 4.78 is 26.1. The van der Waals surface area contributed by atoms with Gasteiger partial charge in [-0.05, 0) is 29.7 Å². The minimum absolute atomic E-state index is 0.0234. The van der Waals surface area contributed by atoms with Crippen molar-refractivity contribution < 1.29 is 13.2 Å². The van der Waals surface area contributed by atoms with E-state index in [1.54, 1.807) is 0 Å². The van der Waals surface area contributed by atoms with E-state index >= 15 is 0 Å². The first-order valence-corrected chi connectivity index (χ1v) is 9.36. The van der Waals surface area contributed by atoms with Gasteiger partial charge in [0.25, 0.3) is 0 Å². The molecule has 1 atom stereocenters. The second-order valence-electron chi connectivity index (χ2n) is 6.87. The molecular formula is C17H27NO3S. The Labute approximate surface area is 134 Å². The van der Waals surface area contributed by atoms with Crippen LogP contribution in [-0.4, -0.2) is 20.1 Å². The molecule has 124 valence electrons. The van der Waals surface area contributed by atoms with Crippen LogP contribution in [0.4, 0.5) is 0 Å². The van der Waals surface area contributed by atoms with Crippen LogP contribution in [-0.2, 0) is 14.8 Å². The van der Waals surface area contributed by atoms with Crippen molar-refractivity contribution >= 4 is 15.9 Å².